The van der Waals surface area contributed by atoms with Crippen LogP contribution >= 0.6 is 0 Å². The number of nitrogens with one attached hydrogen (secondary N) is 1. The third-order valence-corrected chi connectivity index (χ3v) is 11.9. The van der Waals surface area contributed by atoms with Gasteiger partial charge in [-0.05, 0) is 51.4 Å². The maximum absolute atomic E-state index is 12.9. The van der Waals surface area contributed by atoms with Gasteiger partial charge in [0.2, 0.25) is 5.91 Å². The number of aliphatic hydroxyl groups excluding tert-OH is 5. The van der Waals surface area contributed by atoms with E-state index in [1.165, 1.54) is 128 Å². The second-order valence-corrected chi connectivity index (χ2v) is 17.6. The van der Waals surface area contributed by atoms with Crippen molar-refractivity contribution in [3.63, 3.8) is 0 Å². The summed E-state index contributed by atoms with van der Waals surface area (Å²) >= 11 is 0. The van der Waals surface area contributed by atoms with Crippen LogP contribution in [0, 0.1) is 0 Å². The smallest absolute Gasteiger partial charge is 0.220 e. The van der Waals surface area contributed by atoms with Gasteiger partial charge >= 0.3 is 0 Å². The fourth-order valence-electron chi connectivity index (χ4n) is 7.92. The summed E-state index contributed by atoms with van der Waals surface area (Å²) in [6, 6.07) is -0.715. The molecule has 0 bridgehead atoms. The molecule has 0 aliphatic carbocycles. The molecule has 7 unspecified atom stereocenters. The highest BCUT2D eigenvalue weighted by Gasteiger charge is 2.44. The molecule has 1 fully saturated rings. The number of hydrogen-bond donors (Lipinski definition) is 6. The molecular weight excluding hydrogens is 767 g/mol. The lowest BCUT2D eigenvalue weighted by Gasteiger charge is -2.40. The summed E-state index contributed by atoms with van der Waals surface area (Å²) in [7, 11) is 0. The van der Waals surface area contributed by atoms with Gasteiger partial charge in [0.25, 0.3) is 0 Å². The zero-order valence-corrected chi connectivity index (χ0v) is 39.2. The van der Waals surface area contributed by atoms with Crippen LogP contribution in [-0.4, -0.2) is 87.5 Å². The van der Waals surface area contributed by atoms with E-state index in [9.17, 15) is 30.3 Å². The van der Waals surface area contributed by atoms with Crippen LogP contribution in [0.4, 0.5) is 0 Å². The Hall–Kier alpha value is -1.85. The van der Waals surface area contributed by atoms with Gasteiger partial charge in [0.05, 0.1) is 25.4 Å². The Labute approximate surface area is 373 Å². The zero-order valence-electron chi connectivity index (χ0n) is 39.2. The van der Waals surface area contributed by atoms with Gasteiger partial charge in [-0.25, -0.2) is 0 Å². The second kappa shape index (κ2) is 42.1. The molecule has 0 aromatic carbocycles. The van der Waals surface area contributed by atoms with Crippen molar-refractivity contribution < 1.29 is 39.8 Å². The maximum Gasteiger partial charge on any atom is 0.220 e. The Bertz CT molecular complexity index is 1090. The van der Waals surface area contributed by atoms with Gasteiger partial charge in [-0.3, -0.25) is 4.79 Å². The van der Waals surface area contributed by atoms with E-state index in [4.69, 9.17) is 9.47 Å². The van der Waals surface area contributed by atoms with Gasteiger partial charge in [-0.15, -0.1) is 0 Å². The first kappa shape index (κ1) is 57.2. The number of amides is 1. The monoisotopic (exact) mass is 862 g/mol. The van der Waals surface area contributed by atoms with Gasteiger partial charge < -0.3 is 40.3 Å². The summed E-state index contributed by atoms with van der Waals surface area (Å²) in [5, 5.41) is 54.1. The van der Waals surface area contributed by atoms with Gasteiger partial charge in [-0.1, -0.05) is 210 Å². The molecule has 9 heteroatoms. The molecule has 7 atom stereocenters. The lowest BCUT2D eigenvalue weighted by Crippen LogP contribution is -2.60. The number of hydrogen-bond acceptors (Lipinski definition) is 8. The van der Waals surface area contributed by atoms with E-state index < -0.39 is 49.5 Å². The molecule has 9 nitrogen and oxygen atoms in total. The number of ether oxygens (including phenoxy) is 2. The van der Waals surface area contributed by atoms with Crippen molar-refractivity contribution in [3.8, 4) is 0 Å². The van der Waals surface area contributed by atoms with Crippen LogP contribution in [0.5, 0.6) is 0 Å². The van der Waals surface area contributed by atoms with Gasteiger partial charge in [-0.2, -0.15) is 0 Å². The number of unbranched alkanes of at least 4 members (excludes halogenated alkanes) is 24. The van der Waals surface area contributed by atoms with Crippen molar-refractivity contribution in [2.75, 3.05) is 13.2 Å². The average molecular weight is 862 g/mol. The largest absolute Gasteiger partial charge is 0.394 e. The van der Waals surface area contributed by atoms with E-state index in [0.717, 1.165) is 64.2 Å². The first-order chi connectivity index (χ1) is 29.8. The van der Waals surface area contributed by atoms with E-state index in [1.54, 1.807) is 0 Å². The fourth-order valence-corrected chi connectivity index (χ4v) is 7.92. The minimum Gasteiger partial charge on any atom is -0.394 e. The Balaban J connectivity index is 2.07. The molecule has 1 rings (SSSR count). The standard InChI is InChI=1S/C52H95NO8/c1-3-5-7-9-11-12-13-14-15-16-17-18-19-20-21-22-23-24-25-26-27-28-29-30-31-32-33-34-36-38-40-42-48(56)53-45(46(55)41-39-37-35-10-8-6-4-2)44-60-52-51(59)50(58)49(57)47(43-54)61-52/h5,7,11-12,14-15,17-18,45-47,49-52,54-55,57-59H,3-4,6,8-10,13,16,19-44H2,1-2H3,(H,53,56)/b7-5-,12-11-,15-14-,18-17-. The topological polar surface area (TPSA) is 149 Å². The highest BCUT2D eigenvalue weighted by Crippen LogP contribution is 2.23. The van der Waals surface area contributed by atoms with E-state index in [2.05, 4.69) is 67.8 Å². The number of carbonyl (C=O) groups excluding carboxylic acids is 1. The first-order valence-corrected chi connectivity index (χ1v) is 25.3. The summed E-state index contributed by atoms with van der Waals surface area (Å²) in [4.78, 5) is 12.9. The van der Waals surface area contributed by atoms with Crippen LogP contribution in [0.2, 0.25) is 0 Å². The van der Waals surface area contributed by atoms with Gasteiger partial charge in [0.1, 0.15) is 24.4 Å². The third-order valence-electron chi connectivity index (χ3n) is 11.9. The molecule has 356 valence electrons. The summed E-state index contributed by atoms with van der Waals surface area (Å²) in [6.07, 6.45) is 47.4. The lowest BCUT2D eigenvalue weighted by molar-refractivity contribution is -0.302. The van der Waals surface area contributed by atoms with Crippen LogP contribution < -0.4 is 5.32 Å². The molecule has 0 aromatic heterocycles. The van der Waals surface area contributed by atoms with E-state index in [0.29, 0.717) is 12.8 Å². The van der Waals surface area contributed by atoms with Crippen LogP contribution in [-0.2, 0) is 14.3 Å². The molecule has 0 aromatic rings. The minimum absolute atomic E-state index is 0.138. The number of rotatable bonds is 42. The van der Waals surface area contributed by atoms with Crippen molar-refractivity contribution >= 4 is 5.91 Å². The normalized spacial score (nSPS) is 20.8. The second-order valence-electron chi connectivity index (χ2n) is 17.6. The van der Waals surface area contributed by atoms with Crippen LogP contribution in [0.3, 0.4) is 0 Å². The molecule has 1 amide bonds. The number of allylic oxidation sites excluding steroid dienone is 8. The van der Waals surface area contributed by atoms with E-state index in [-0.39, 0.29) is 12.5 Å². The van der Waals surface area contributed by atoms with Crippen molar-refractivity contribution in [1.29, 1.82) is 0 Å². The molecule has 1 aliphatic rings. The molecule has 0 spiro atoms. The summed E-state index contributed by atoms with van der Waals surface area (Å²) in [5.41, 5.74) is 0. The Kier molecular flexibility index (Phi) is 39.5. The Morgan fingerprint density at radius 1 is 0.574 bits per heavy atom. The minimum atomic E-state index is -1.55. The third kappa shape index (κ3) is 32.5. The Morgan fingerprint density at radius 3 is 1.51 bits per heavy atom. The number of carbonyl (C=O) groups is 1. The van der Waals surface area contributed by atoms with Crippen molar-refractivity contribution in [3.05, 3.63) is 48.6 Å². The first-order valence-electron chi connectivity index (χ1n) is 25.3. The highest BCUT2D eigenvalue weighted by atomic mass is 16.7. The number of aliphatic hydroxyl groups is 5. The Morgan fingerprint density at radius 2 is 1.02 bits per heavy atom. The predicted molar refractivity (Wildman–Crippen MR) is 253 cm³/mol. The molecule has 1 heterocycles. The van der Waals surface area contributed by atoms with Crippen LogP contribution in [0.15, 0.2) is 48.6 Å². The fraction of sp³-hybridized carbons (Fsp3) is 0.827. The van der Waals surface area contributed by atoms with Crippen LogP contribution in [0.25, 0.3) is 0 Å². The van der Waals surface area contributed by atoms with Crippen molar-refractivity contribution in [2.45, 2.75) is 262 Å². The van der Waals surface area contributed by atoms with Crippen LogP contribution in [0.1, 0.15) is 219 Å². The lowest BCUT2D eigenvalue weighted by atomic mass is 9.99. The summed E-state index contributed by atoms with van der Waals surface area (Å²) in [5.74, 6) is -0.148. The van der Waals surface area contributed by atoms with E-state index >= 15 is 0 Å². The molecule has 0 radical (unpaired) electrons. The average Bonchev–Trinajstić information content (AvgIpc) is 3.26. The van der Waals surface area contributed by atoms with Crippen molar-refractivity contribution in [1.82, 2.24) is 5.32 Å². The molecular formula is C52H95NO8. The summed E-state index contributed by atoms with van der Waals surface area (Å²) in [6.45, 7) is 3.67. The zero-order chi connectivity index (χ0) is 44.4. The molecule has 6 N–H and O–H groups in total. The molecule has 0 saturated carbocycles. The van der Waals surface area contributed by atoms with E-state index in [1.807, 2.05) is 0 Å². The van der Waals surface area contributed by atoms with Gasteiger partial charge in [0.15, 0.2) is 6.29 Å². The molecule has 1 saturated heterocycles. The maximum atomic E-state index is 12.9. The SMILES string of the molecule is CC/C=C\C/C=C\C/C=C\C/C=C\CCCCCCCCCCCCCCCCCCCCC(=O)NC(COC1OC(CO)C(O)C(O)C1O)C(O)CCCCCCCCC. The molecule has 61 heavy (non-hydrogen) atoms. The van der Waals surface area contributed by atoms with Crippen molar-refractivity contribution in [2.24, 2.45) is 0 Å². The highest BCUT2D eigenvalue weighted by molar-refractivity contribution is 5.76. The molecule has 1 aliphatic heterocycles. The summed E-state index contributed by atoms with van der Waals surface area (Å²) < 4.78 is 11.2. The predicted octanol–water partition coefficient (Wildman–Crippen LogP) is 11.4. The quantitative estimate of drug-likeness (QED) is 0.0262. The van der Waals surface area contributed by atoms with Gasteiger partial charge in [0, 0.05) is 6.42 Å².